The highest BCUT2D eigenvalue weighted by molar-refractivity contribution is 7.26. The summed E-state index contributed by atoms with van der Waals surface area (Å²) in [5.74, 6) is 0.451. The van der Waals surface area contributed by atoms with Crippen LogP contribution in [0.2, 0.25) is 0 Å². The fraction of sp³-hybridized carbons (Fsp3) is 0.0588. The van der Waals surface area contributed by atoms with Gasteiger partial charge in [0.2, 0.25) is 0 Å². The van der Waals surface area contributed by atoms with Crippen molar-refractivity contribution < 1.29 is 0 Å². The molecule has 0 N–H and O–H groups in total. The Morgan fingerprint density at radius 2 is 0.886 bits per heavy atom. The van der Waals surface area contributed by atoms with E-state index in [1.165, 1.54) is 86.9 Å². The van der Waals surface area contributed by atoms with E-state index in [1.807, 2.05) is 11.3 Å². The number of rotatable bonds is 8. The predicted octanol–water partition coefficient (Wildman–Crippen LogP) is 17.7. The topological polar surface area (TPSA) is 3.24 Å². The van der Waals surface area contributed by atoms with E-state index in [0.29, 0.717) is 0 Å². The molecule has 10 aromatic carbocycles. The van der Waals surface area contributed by atoms with Gasteiger partial charge in [-0.25, -0.2) is 0 Å². The van der Waals surface area contributed by atoms with Crippen LogP contribution in [0.1, 0.15) is 50.4 Å². The standard InChI is InChI=1S/C68H47NS/c1-4-19-47(20-5-1)67(61-31-14-10-25-55(61)56-26-11-15-32-62(56)67)50-37-41-52(42-38-50)69(51-39-35-46(36-40-51)54-29-18-30-60-59-28-13-17-34-65(59)70-66(54)60)53-43-44-58-57-27-12-16-33-63(57)68(64(58)45-53,48-21-6-2-7-22-48)49-23-8-3-9-24-49/h1-45,57,63H. The van der Waals surface area contributed by atoms with E-state index in [1.54, 1.807) is 0 Å². The van der Waals surface area contributed by atoms with Gasteiger partial charge in [0.05, 0.1) is 10.8 Å². The number of thiophene rings is 1. The molecule has 11 aromatic rings. The first kappa shape index (κ1) is 40.7. The average Bonchev–Trinajstić information content (AvgIpc) is 4.07. The molecule has 1 nitrogen and oxygen atoms in total. The minimum atomic E-state index is -0.483. The van der Waals surface area contributed by atoms with Gasteiger partial charge in [0.1, 0.15) is 0 Å². The molecule has 70 heavy (non-hydrogen) atoms. The third-order valence-electron chi connectivity index (χ3n) is 15.7. The molecule has 330 valence electrons. The van der Waals surface area contributed by atoms with Crippen LogP contribution in [0.5, 0.6) is 0 Å². The van der Waals surface area contributed by atoms with Crippen LogP contribution in [0.15, 0.2) is 273 Å². The zero-order valence-corrected chi connectivity index (χ0v) is 39.3. The molecule has 3 aliphatic rings. The van der Waals surface area contributed by atoms with Crippen LogP contribution in [-0.2, 0) is 10.8 Å². The first-order valence-corrected chi connectivity index (χ1v) is 25.3. The van der Waals surface area contributed by atoms with Crippen LogP contribution in [0.4, 0.5) is 17.1 Å². The van der Waals surface area contributed by atoms with Crippen molar-refractivity contribution in [3.8, 4) is 22.3 Å². The van der Waals surface area contributed by atoms with Crippen molar-refractivity contribution in [2.24, 2.45) is 5.92 Å². The van der Waals surface area contributed by atoms with E-state index in [0.717, 1.165) is 17.1 Å². The largest absolute Gasteiger partial charge is 0.310 e. The van der Waals surface area contributed by atoms with Gasteiger partial charge < -0.3 is 4.90 Å². The summed E-state index contributed by atoms with van der Waals surface area (Å²) >= 11 is 1.88. The molecule has 3 aliphatic carbocycles. The Labute approximate surface area is 413 Å². The molecule has 2 atom stereocenters. The van der Waals surface area contributed by atoms with Gasteiger partial charge in [0, 0.05) is 49.1 Å². The Morgan fingerprint density at radius 3 is 1.56 bits per heavy atom. The lowest BCUT2D eigenvalue weighted by Gasteiger charge is -2.39. The number of hydrogen-bond acceptors (Lipinski definition) is 2. The lowest BCUT2D eigenvalue weighted by atomic mass is 9.63. The Bertz CT molecular complexity index is 3740. The molecule has 0 radical (unpaired) electrons. The van der Waals surface area contributed by atoms with Gasteiger partial charge in [-0.15, -0.1) is 11.3 Å². The van der Waals surface area contributed by atoms with Crippen molar-refractivity contribution in [3.63, 3.8) is 0 Å². The fourth-order valence-corrected chi connectivity index (χ4v) is 14.1. The molecule has 0 aliphatic heterocycles. The summed E-state index contributed by atoms with van der Waals surface area (Å²) in [7, 11) is 0. The van der Waals surface area contributed by atoms with Crippen LogP contribution < -0.4 is 4.90 Å². The van der Waals surface area contributed by atoms with Gasteiger partial charge in [-0.3, -0.25) is 0 Å². The molecule has 0 saturated heterocycles. The number of benzene rings is 10. The van der Waals surface area contributed by atoms with Crippen molar-refractivity contribution in [2.75, 3.05) is 4.90 Å². The maximum absolute atomic E-state index is 2.52. The van der Waals surface area contributed by atoms with Gasteiger partial charge in [-0.05, 0) is 109 Å². The number of fused-ring (bicyclic) bond motifs is 9. The Hall–Kier alpha value is -8.30. The Morgan fingerprint density at radius 1 is 0.371 bits per heavy atom. The molecule has 0 spiro atoms. The summed E-state index contributed by atoms with van der Waals surface area (Å²) < 4.78 is 2.65. The fourth-order valence-electron chi connectivity index (χ4n) is 12.9. The van der Waals surface area contributed by atoms with Crippen LogP contribution in [0.25, 0.3) is 42.4 Å². The Balaban J connectivity index is 0.973. The number of anilines is 3. The minimum Gasteiger partial charge on any atom is -0.310 e. The first-order valence-electron chi connectivity index (χ1n) is 24.5. The highest BCUT2D eigenvalue weighted by atomic mass is 32.1. The number of nitrogens with zero attached hydrogens (tertiary/aromatic N) is 1. The van der Waals surface area contributed by atoms with Crippen LogP contribution in [-0.4, -0.2) is 0 Å². The van der Waals surface area contributed by atoms with Crippen molar-refractivity contribution in [3.05, 3.63) is 318 Å². The molecule has 0 fully saturated rings. The van der Waals surface area contributed by atoms with E-state index in [4.69, 9.17) is 0 Å². The van der Waals surface area contributed by atoms with E-state index in [9.17, 15) is 0 Å². The molecule has 2 unspecified atom stereocenters. The van der Waals surface area contributed by atoms with Gasteiger partial charge >= 0.3 is 0 Å². The third-order valence-corrected chi connectivity index (χ3v) is 17.0. The molecule has 0 bridgehead atoms. The maximum Gasteiger partial charge on any atom is 0.0713 e. The quantitative estimate of drug-likeness (QED) is 0.147. The predicted molar refractivity (Wildman–Crippen MR) is 294 cm³/mol. The van der Waals surface area contributed by atoms with Crippen molar-refractivity contribution >= 4 is 48.6 Å². The number of allylic oxidation sites excluding steroid dienone is 4. The summed E-state index contributed by atoms with van der Waals surface area (Å²) in [5.41, 5.74) is 18.0. The normalized spacial score (nSPS) is 16.7. The van der Waals surface area contributed by atoms with Gasteiger partial charge in [-0.2, -0.15) is 0 Å². The number of hydrogen-bond donors (Lipinski definition) is 0. The third kappa shape index (κ3) is 5.90. The van der Waals surface area contributed by atoms with Crippen molar-refractivity contribution in [2.45, 2.75) is 16.7 Å². The molecule has 1 heterocycles. The lowest BCUT2D eigenvalue weighted by molar-refractivity contribution is 0.457. The van der Waals surface area contributed by atoms with E-state index in [2.05, 4.69) is 278 Å². The highest BCUT2D eigenvalue weighted by Gasteiger charge is 2.53. The second kappa shape index (κ2) is 16.2. The SMILES string of the molecule is C1=CC2c3ccc(N(c4ccc(-c5cccc6c5sc5ccccc56)cc4)c4ccc(C5(c6ccccc6)c6ccccc6-c6ccccc65)cc4)cc3C(c3ccccc3)(c3ccccc3)C2C=C1. The molecule has 1 aromatic heterocycles. The molecular formula is C68H47NS. The summed E-state index contributed by atoms with van der Waals surface area (Å²) in [6, 6.07) is 93.2. The molecular weight excluding hydrogens is 863 g/mol. The van der Waals surface area contributed by atoms with Crippen LogP contribution in [0.3, 0.4) is 0 Å². The van der Waals surface area contributed by atoms with E-state index in [-0.39, 0.29) is 11.8 Å². The summed E-state index contributed by atoms with van der Waals surface area (Å²) in [6.45, 7) is 0. The van der Waals surface area contributed by atoms with Crippen LogP contribution in [0, 0.1) is 5.92 Å². The minimum absolute atomic E-state index is 0.211. The van der Waals surface area contributed by atoms with Crippen molar-refractivity contribution in [1.29, 1.82) is 0 Å². The molecule has 0 saturated carbocycles. The smallest absolute Gasteiger partial charge is 0.0713 e. The first-order chi connectivity index (χ1) is 34.7. The second-order valence-corrected chi connectivity index (χ2v) is 20.1. The zero-order chi connectivity index (χ0) is 46.2. The monoisotopic (exact) mass is 909 g/mol. The summed E-state index contributed by atoms with van der Waals surface area (Å²) in [5, 5.41) is 2.63. The average molecular weight is 910 g/mol. The zero-order valence-electron chi connectivity index (χ0n) is 38.5. The molecule has 0 amide bonds. The summed E-state index contributed by atoms with van der Waals surface area (Å²) in [6.07, 6.45) is 9.37. The molecule has 14 rings (SSSR count). The Kier molecular flexibility index (Phi) is 9.41. The van der Waals surface area contributed by atoms with E-state index < -0.39 is 10.8 Å². The maximum atomic E-state index is 2.52. The van der Waals surface area contributed by atoms with Gasteiger partial charge in [0.25, 0.3) is 0 Å². The van der Waals surface area contributed by atoms with Gasteiger partial charge in [-0.1, -0.05) is 231 Å². The molecule has 2 heteroatoms. The highest BCUT2D eigenvalue weighted by Crippen LogP contribution is 2.61. The van der Waals surface area contributed by atoms with Crippen LogP contribution >= 0.6 is 11.3 Å². The second-order valence-electron chi connectivity index (χ2n) is 19.0. The lowest BCUT2D eigenvalue weighted by Crippen LogP contribution is -2.35. The summed E-state index contributed by atoms with van der Waals surface area (Å²) in [4.78, 5) is 2.48. The van der Waals surface area contributed by atoms with E-state index >= 15 is 0 Å². The van der Waals surface area contributed by atoms with Gasteiger partial charge in [0.15, 0.2) is 0 Å². The van der Waals surface area contributed by atoms with Crippen molar-refractivity contribution in [1.82, 2.24) is 0 Å².